The summed E-state index contributed by atoms with van der Waals surface area (Å²) in [4.78, 5) is 11.6. The molecule has 0 unspecified atom stereocenters. The number of ketones is 1. The number of hydrogen-bond donors (Lipinski definition) is 1. The zero-order chi connectivity index (χ0) is 17.5. The average Bonchev–Trinajstić information content (AvgIpc) is 2.52. The molecule has 0 aromatic heterocycles. The Morgan fingerprint density at radius 2 is 1.91 bits per heavy atom. The minimum absolute atomic E-state index is 0.0943. The summed E-state index contributed by atoms with van der Waals surface area (Å²) in [6, 6.07) is 0. The molecule has 0 aromatic carbocycles. The summed E-state index contributed by atoms with van der Waals surface area (Å²) in [6.45, 7) is 14.9. The Morgan fingerprint density at radius 3 is 2.48 bits per heavy atom. The average molecular weight is 321 g/mol. The minimum Gasteiger partial charge on any atom is -0.392 e. The highest BCUT2D eigenvalue weighted by atomic mass is 16.3. The van der Waals surface area contributed by atoms with Gasteiger partial charge in [-0.1, -0.05) is 33.8 Å². The lowest BCUT2D eigenvalue weighted by atomic mass is 9.48. The van der Waals surface area contributed by atoms with Crippen molar-refractivity contribution in [2.75, 3.05) is 0 Å². The monoisotopic (exact) mass is 320 g/mol. The van der Waals surface area contributed by atoms with Gasteiger partial charge in [0.15, 0.2) is 0 Å². The Morgan fingerprint density at radius 1 is 1.26 bits per heavy atom. The van der Waals surface area contributed by atoms with Crippen LogP contribution in [0.3, 0.4) is 0 Å². The first-order valence-corrected chi connectivity index (χ1v) is 9.40. The van der Waals surface area contributed by atoms with Gasteiger partial charge in [0.2, 0.25) is 0 Å². The lowest BCUT2D eigenvalue weighted by Crippen LogP contribution is -2.52. The number of Topliss-reactive ketones (excluding diaryl/α,β-unsaturated/α-hetero) is 1. The van der Waals surface area contributed by atoms with Crippen LogP contribution < -0.4 is 0 Å². The van der Waals surface area contributed by atoms with Gasteiger partial charge < -0.3 is 9.90 Å². The number of hydrogen-bond acceptors (Lipinski definition) is 2. The number of aliphatic hydroxyl groups excluding tert-OH is 1. The van der Waals surface area contributed by atoms with Gasteiger partial charge in [-0.2, -0.15) is 0 Å². The number of carbonyl (C=O) groups is 1. The molecule has 23 heavy (non-hydrogen) atoms. The smallest absolute Gasteiger partial charge is 0.129 e. The standard InChI is InChI=1S/C21H36O2/c1-7-19(5)12-13-20(6)14-21(10-8-15(20)2,11-9-16(3)22)17(4)18(19)23/h7,15,17-18,23H,1,8-14H2,2-6H3/t15-,17+,18+,19-,20+,21-/m1/s1. The van der Waals surface area contributed by atoms with E-state index in [1.54, 1.807) is 6.92 Å². The van der Waals surface area contributed by atoms with Crippen LogP contribution in [0.5, 0.6) is 0 Å². The lowest BCUT2D eigenvalue weighted by molar-refractivity contribution is -0.127. The molecular formula is C21H36O2. The quantitative estimate of drug-likeness (QED) is 0.727. The Kier molecular flexibility index (Phi) is 5.16. The third-order valence-electron chi connectivity index (χ3n) is 7.81. The number of rotatable bonds is 4. The van der Waals surface area contributed by atoms with E-state index in [0.29, 0.717) is 17.8 Å². The van der Waals surface area contributed by atoms with Crippen LogP contribution in [0.2, 0.25) is 0 Å². The summed E-state index contributed by atoms with van der Waals surface area (Å²) < 4.78 is 0. The fourth-order valence-corrected chi connectivity index (χ4v) is 5.34. The second-order valence-electron chi connectivity index (χ2n) is 9.28. The maximum Gasteiger partial charge on any atom is 0.129 e. The SMILES string of the molecule is C=C[C@]1(C)CC[C@@]2(C)C[C@](CCC(C)=O)(CC[C@H]2C)[C@@H](C)[C@@H]1O. The van der Waals surface area contributed by atoms with Crippen LogP contribution >= 0.6 is 0 Å². The number of aliphatic hydroxyl groups is 1. The minimum atomic E-state index is -0.370. The van der Waals surface area contributed by atoms with Crippen molar-refractivity contribution in [2.24, 2.45) is 28.1 Å². The predicted molar refractivity (Wildman–Crippen MR) is 96.2 cm³/mol. The van der Waals surface area contributed by atoms with Crippen molar-refractivity contribution < 1.29 is 9.90 Å². The molecule has 6 atom stereocenters. The molecule has 2 bridgehead atoms. The van der Waals surface area contributed by atoms with E-state index in [1.807, 2.05) is 6.08 Å². The molecule has 0 radical (unpaired) electrons. The summed E-state index contributed by atoms with van der Waals surface area (Å²) >= 11 is 0. The van der Waals surface area contributed by atoms with Gasteiger partial charge in [-0.15, -0.1) is 6.58 Å². The van der Waals surface area contributed by atoms with E-state index in [-0.39, 0.29) is 28.6 Å². The maximum atomic E-state index is 11.6. The van der Waals surface area contributed by atoms with E-state index < -0.39 is 0 Å². The van der Waals surface area contributed by atoms with Crippen molar-refractivity contribution in [2.45, 2.75) is 85.7 Å². The van der Waals surface area contributed by atoms with Gasteiger partial charge in [-0.05, 0) is 68.1 Å². The van der Waals surface area contributed by atoms with E-state index in [9.17, 15) is 9.90 Å². The van der Waals surface area contributed by atoms with Gasteiger partial charge in [0.05, 0.1) is 6.10 Å². The topological polar surface area (TPSA) is 37.3 Å². The predicted octanol–water partition coefficient (Wildman–Crippen LogP) is 5.15. The summed E-state index contributed by atoms with van der Waals surface area (Å²) in [5.41, 5.74) is 0.185. The Hall–Kier alpha value is -0.630. The highest BCUT2D eigenvalue weighted by Gasteiger charge is 2.54. The van der Waals surface area contributed by atoms with Crippen LogP contribution in [0.15, 0.2) is 12.7 Å². The molecule has 0 saturated heterocycles. The molecular weight excluding hydrogens is 284 g/mol. The van der Waals surface area contributed by atoms with Gasteiger partial charge in [0.25, 0.3) is 0 Å². The van der Waals surface area contributed by atoms with Crippen molar-refractivity contribution >= 4 is 5.78 Å². The van der Waals surface area contributed by atoms with Crippen LogP contribution in [0.4, 0.5) is 0 Å². The zero-order valence-electron chi connectivity index (χ0n) is 15.8. The van der Waals surface area contributed by atoms with Gasteiger partial charge in [-0.25, -0.2) is 0 Å². The molecule has 0 aromatic rings. The third-order valence-corrected chi connectivity index (χ3v) is 7.81. The summed E-state index contributed by atoms with van der Waals surface area (Å²) in [5.74, 6) is 1.19. The van der Waals surface area contributed by atoms with Crippen molar-refractivity contribution in [1.82, 2.24) is 0 Å². The molecule has 2 aliphatic carbocycles. The largest absolute Gasteiger partial charge is 0.392 e. The maximum absolute atomic E-state index is 11.6. The molecule has 2 saturated carbocycles. The van der Waals surface area contributed by atoms with Crippen molar-refractivity contribution in [1.29, 1.82) is 0 Å². The summed E-state index contributed by atoms with van der Waals surface area (Å²) in [6.07, 6.45) is 8.83. The van der Waals surface area contributed by atoms with Gasteiger partial charge >= 0.3 is 0 Å². The third kappa shape index (κ3) is 3.29. The Bertz CT molecular complexity index is 470. The van der Waals surface area contributed by atoms with Crippen molar-refractivity contribution in [3.63, 3.8) is 0 Å². The van der Waals surface area contributed by atoms with Crippen LogP contribution in [0, 0.1) is 28.1 Å². The van der Waals surface area contributed by atoms with E-state index in [1.165, 1.54) is 6.42 Å². The molecule has 2 fully saturated rings. The normalized spacial score (nSPS) is 47.5. The van der Waals surface area contributed by atoms with E-state index in [4.69, 9.17) is 0 Å². The number of fused-ring (bicyclic) bond motifs is 2. The highest BCUT2D eigenvalue weighted by Crippen LogP contribution is 2.61. The van der Waals surface area contributed by atoms with E-state index >= 15 is 0 Å². The summed E-state index contributed by atoms with van der Waals surface area (Å²) in [7, 11) is 0. The molecule has 0 amide bonds. The van der Waals surface area contributed by atoms with Crippen LogP contribution in [-0.4, -0.2) is 17.0 Å². The van der Waals surface area contributed by atoms with Crippen LogP contribution in [0.1, 0.15) is 79.6 Å². The first-order valence-electron chi connectivity index (χ1n) is 9.40. The lowest BCUT2D eigenvalue weighted by Gasteiger charge is -2.58. The molecule has 2 nitrogen and oxygen atoms in total. The fraction of sp³-hybridized carbons (Fsp3) is 0.857. The molecule has 1 N–H and O–H groups in total. The van der Waals surface area contributed by atoms with Crippen molar-refractivity contribution in [3.8, 4) is 0 Å². The Labute approximate surface area is 142 Å². The summed E-state index contributed by atoms with van der Waals surface area (Å²) in [5, 5.41) is 11.1. The van der Waals surface area contributed by atoms with E-state index in [2.05, 4.69) is 34.3 Å². The van der Waals surface area contributed by atoms with Gasteiger partial charge in [0.1, 0.15) is 5.78 Å². The zero-order valence-corrected chi connectivity index (χ0v) is 15.8. The molecule has 0 heterocycles. The second-order valence-corrected chi connectivity index (χ2v) is 9.28. The van der Waals surface area contributed by atoms with Gasteiger partial charge in [-0.3, -0.25) is 0 Å². The molecule has 2 rings (SSSR count). The first kappa shape index (κ1) is 18.7. The molecule has 132 valence electrons. The number of carbonyl (C=O) groups excluding carboxylic acids is 1. The highest BCUT2D eigenvalue weighted by molar-refractivity contribution is 5.75. The van der Waals surface area contributed by atoms with Crippen LogP contribution in [0.25, 0.3) is 0 Å². The van der Waals surface area contributed by atoms with E-state index in [0.717, 1.165) is 32.1 Å². The van der Waals surface area contributed by atoms with Crippen LogP contribution in [-0.2, 0) is 4.79 Å². The molecule has 0 spiro atoms. The fourth-order valence-electron chi connectivity index (χ4n) is 5.34. The molecule has 0 aliphatic heterocycles. The molecule has 2 aliphatic rings. The Balaban J connectivity index is 2.43. The first-order chi connectivity index (χ1) is 10.6. The molecule has 2 heteroatoms. The van der Waals surface area contributed by atoms with Crippen molar-refractivity contribution in [3.05, 3.63) is 12.7 Å². The van der Waals surface area contributed by atoms with Gasteiger partial charge in [0, 0.05) is 11.8 Å². The second kappa shape index (κ2) is 6.35.